The molecular weight excluding hydrogens is 323 g/mol. The second-order valence-corrected chi connectivity index (χ2v) is 6.29. The van der Waals surface area contributed by atoms with E-state index in [1.165, 1.54) is 4.90 Å². The van der Waals surface area contributed by atoms with Crippen LogP contribution in [0.2, 0.25) is 0 Å². The van der Waals surface area contributed by atoms with Crippen LogP contribution in [0.4, 0.5) is 13.2 Å². The van der Waals surface area contributed by atoms with Crippen LogP contribution < -0.4 is 4.74 Å². The third-order valence-electron chi connectivity index (χ3n) is 4.64. The normalized spacial score (nSPS) is 19.0. The van der Waals surface area contributed by atoms with Crippen LogP contribution in [0.5, 0.6) is 5.75 Å². The van der Waals surface area contributed by atoms with Crippen molar-refractivity contribution in [3.05, 3.63) is 29.8 Å². The maximum atomic E-state index is 12.8. The second kappa shape index (κ2) is 7.01. The van der Waals surface area contributed by atoms with E-state index in [1.807, 2.05) is 19.1 Å². The number of likely N-dealkylation sites (tertiary alicyclic amines) is 1. The summed E-state index contributed by atoms with van der Waals surface area (Å²) in [6.45, 7) is 1.74. The van der Waals surface area contributed by atoms with Gasteiger partial charge in [-0.05, 0) is 23.6 Å². The van der Waals surface area contributed by atoms with Crippen LogP contribution >= 0.6 is 0 Å². The molecule has 1 aromatic carbocycles. The maximum absolute atomic E-state index is 12.8. The first-order valence-electron chi connectivity index (χ1n) is 7.87. The van der Waals surface area contributed by atoms with Gasteiger partial charge >= 0.3 is 6.18 Å². The molecule has 1 fully saturated rings. The Morgan fingerprint density at radius 2 is 1.83 bits per heavy atom. The molecule has 0 spiro atoms. The Balaban J connectivity index is 1.91. The number of rotatable bonds is 4. The summed E-state index contributed by atoms with van der Waals surface area (Å²) in [6, 6.07) is 7.35. The molecule has 1 heterocycles. The number of benzene rings is 1. The van der Waals surface area contributed by atoms with Crippen molar-refractivity contribution in [1.82, 2.24) is 4.90 Å². The molecule has 1 atom stereocenters. The lowest BCUT2D eigenvalue weighted by Gasteiger charge is -2.39. The van der Waals surface area contributed by atoms with E-state index in [1.54, 1.807) is 19.2 Å². The monoisotopic (exact) mass is 345 g/mol. The number of hydrogen-bond acceptors (Lipinski definition) is 3. The maximum Gasteiger partial charge on any atom is 0.417 e. The summed E-state index contributed by atoms with van der Waals surface area (Å²) in [6.07, 6.45) is -5.38. The van der Waals surface area contributed by atoms with Gasteiger partial charge < -0.3 is 14.7 Å². The van der Waals surface area contributed by atoms with E-state index in [0.717, 1.165) is 11.3 Å². The van der Waals surface area contributed by atoms with Gasteiger partial charge in [-0.25, -0.2) is 0 Å². The first-order chi connectivity index (χ1) is 11.2. The number of methoxy groups -OCH3 is 1. The van der Waals surface area contributed by atoms with Gasteiger partial charge in [0.15, 0.2) is 5.60 Å². The quantitative estimate of drug-likeness (QED) is 0.912. The number of piperidine rings is 1. The molecule has 0 aliphatic carbocycles. The third kappa shape index (κ3) is 4.01. The minimum atomic E-state index is -4.65. The summed E-state index contributed by atoms with van der Waals surface area (Å²) >= 11 is 0. The molecular formula is C17H22F3NO3. The first kappa shape index (κ1) is 18.6. The number of carbonyl (C=O) groups is 1. The summed E-state index contributed by atoms with van der Waals surface area (Å²) in [5.41, 5.74) is -1.71. The molecule has 0 radical (unpaired) electrons. The lowest BCUT2D eigenvalue weighted by atomic mass is 9.90. The van der Waals surface area contributed by atoms with Crippen molar-refractivity contribution in [2.75, 3.05) is 20.2 Å². The van der Waals surface area contributed by atoms with Crippen LogP contribution in [0.15, 0.2) is 24.3 Å². The summed E-state index contributed by atoms with van der Waals surface area (Å²) in [5.74, 6) is 0.481. The highest BCUT2D eigenvalue weighted by Crippen LogP contribution is 2.38. The van der Waals surface area contributed by atoms with E-state index in [4.69, 9.17) is 4.74 Å². The molecule has 1 aliphatic rings. The molecule has 7 heteroatoms. The van der Waals surface area contributed by atoms with Gasteiger partial charge in [-0.3, -0.25) is 4.79 Å². The molecule has 1 saturated heterocycles. The Morgan fingerprint density at radius 1 is 1.29 bits per heavy atom. The summed E-state index contributed by atoms with van der Waals surface area (Å²) in [4.78, 5) is 13.7. The lowest BCUT2D eigenvalue weighted by Crippen LogP contribution is -2.54. The summed E-state index contributed by atoms with van der Waals surface area (Å²) < 4.78 is 43.4. The highest BCUT2D eigenvalue weighted by molar-refractivity contribution is 5.77. The fraction of sp³-hybridized carbons (Fsp3) is 0.588. The number of nitrogens with zero attached hydrogens (tertiary/aromatic N) is 1. The van der Waals surface area contributed by atoms with Gasteiger partial charge in [0, 0.05) is 32.4 Å². The molecule has 1 N–H and O–H groups in total. The molecule has 0 aromatic heterocycles. The molecule has 1 amide bonds. The zero-order valence-corrected chi connectivity index (χ0v) is 13.8. The Morgan fingerprint density at radius 3 is 2.29 bits per heavy atom. The largest absolute Gasteiger partial charge is 0.497 e. The zero-order chi connectivity index (χ0) is 18.0. The van der Waals surface area contributed by atoms with Crippen LogP contribution in [0, 0.1) is 0 Å². The Bertz CT molecular complexity index is 563. The fourth-order valence-corrected chi connectivity index (χ4v) is 2.85. The summed E-state index contributed by atoms with van der Waals surface area (Å²) in [7, 11) is 1.57. The van der Waals surface area contributed by atoms with Gasteiger partial charge in [0.1, 0.15) is 5.75 Å². The van der Waals surface area contributed by atoms with Crippen LogP contribution in [-0.2, 0) is 4.79 Å². The molecule has 134 valence electrons. The highest BCUT2D eigenvalue weighted by atomic mass is 19.4. The van der Waals surface area contributed by atoms with Crippen molar-refractivity contribution in [3.63, 3.8) is 0 Å². The van der Waals surface area contributed by atoms with Gasteiger partial charge in [0.05, 0.1) is 7.11 Å². The first-order valence-corrected chi connectivity index (χ1v) is 7.87. The molecule has 2 rings (SSSR count). The molecule has 1 aliphatic heterocycles. The highest BCUT2D eigenvalue weighted by Gasteiger charge is 2.54. The average Bonchev–Trinajstić information content (AvgIpc) is 2.54. The summed E-state index contributed by atoms with van der Waals surface area (Å²) in [5, 5.41) is 9.64. The van der Waals surface area contributed by atoms with Gasteiger partial charge in [-0.15, -0.1) is 0 Å². The van der Waals surface area contributed by atoms with Crippen molar-refractivity contribution in [3.8, 4) is 5.75 Å². The molecule has 1 unspecified atom stereocenters. The minimum absolute atomic E-state index is 0.0492. The van der Waals surface area contributed by atoms with E-state index in [0.29, 0.717) is 0 Å². The molecule has 0 saturated carbocycles. The predicted molar refractivity (Wildman–Crippen MR) is 82.8 cm³/mol. The predicted octanol–water partition coefficient (Wildman–Crippen LogP) is 3.10. The standard InChI is InChI=1S/C17H22F3NO3/c1-12(13-3-5-14(24-2)6-4-13)11-15(22)21-9-7-16(23,8-10-21)17(18,19)20/h3-6,12,23H,7-11H2,1-2H3. The van der Waals surface area contributed by atoms with E-state index in [-0.39, 0.29) is 31.3 Å². The number of aliphatic hydroxyl groups is 1. The van der Waals surface area contributed by atoms with Gasteiger partial charge in [0.2, 0.25) is 5.91 Å². The van der Waals surface area contributed by atoms with E-state index in [2.05, 4.69) is 0 Å². The SMILES string of the molecule is COc1ccc(C(C)CC(=O)N2CCC(O)(C(F)(F)F)CC2)cc1. The van der Waals surface area contributed by atoms with Crippen molar-refractivity contribution < 1.29 is 27.8 Å². The minimum Gasteiger partial charge on any atom is -0.497 e. The van der Waals surface area contributed by atoms with Crippen LogP contribution in [-0.4, -0.2) is 47.9 Å². The molecule has 0 bridgehead atoms. The van der Waals surface area contributed by atoms with E-state index < -0.39 is 24.6 Å². The number of carbonyl (C=O) groups excluding carboxylic acids is 1. The lowest BCUT2D eigenvalue weighted by molar-refractivity contribution is -0.272. The fourth-order valence-electron chi connectivity index (χ4n) is 2.85. The van der Waals surface area contributed by atoms with Crippen LogP contribution in [0.1, 0.15) is 37.7 Å². The van der Waals surface area contributed by atoms with E-state index in [9.17, 15) is 23.1 Å². The molecule has 1 aromatic rings. The number of halogens is 3. The van der Waals surface area contributed by atoms with Crippen LogP contribution in [0.25, 0.3) is 0 Å². The second-order valence-electron chi connectivity index (χ2n) is 6.29. The van der Waals surface area contributed by atoms with E-state index >= 15 is 0 Å². The number of amides is 1. The van der Waals surface area contributed by atoms with Crippen molar-refractivity contribution in [2.24, 2.45) is 0 Å². The third-order valence-corrected chi connectivity index (χ3v) is 4.64. The van der Waals surface area contributed by atoms with Crippen molar-refractivity contribution >= 4 is 5.91 Å². The zero-order valence-electron chi connectivity index (χ0n) is 13.8. The van der Waals surface area contributed by atoms with Gasteiger partial charge in [-0.2, -0.15) is 13.2 Å². The molecule has 4 nitrogen and oxygen atoms in total. The van der Waals surface area contributed by atoms with Crippen LogP contribution in [0.3, 0.4) is 0 Å². The van der Waals surface area contributed by atoms with Gasteiger partial charge in [-0.1, -0.05) is 19.1 Å². The number of ether oxygens (including phenoxy) is 1. The Labute approximate surface area is 139 Å². The Hall–Kier alpha value is -1.76. The Kier molecular flexibility index (Phi) is 5.42. The van der Waals surface area contributed by atoms with Crippen molar-refractivity contribution in [2.45, 2.75) is 43.9 Å². The number of alkyl halides is 3. The van der Waals surface area contributed by atoms with Gasteiger partial charge in [0.25, 0.3) is 0 Å². The smallest absolute Gasteiger partial charge is 0.417 e. The van der Waals surface area contributed by atoms with Crippen molar-refractivity contribution in [1.29, 1.82) is 0 Å². The molecule has 24 heavy (non-hydrogen) atoms. The topological polar surface area (TPSA) is 49.8 Å². The average molecular weight is 345 g/mol. The number of hydrogen-bond donors (Lipinski definition) is 1.